The highest BCUT2D eigenvalue weighted by Gasteiger charge is 2.06. The Balaban J connectivity index is 1.78. The molecule has 5 heteroatoms. The molecular weight excluding hydrogens is 282 g/mol. The van der Waals surface area contributed by atoms with Gasteiger partial charge in [0.25, 0.3) is 0 Å². The lowest BCUT2D eigenvalue weighted by Gasteiger charge is -2.18. The molecule has 2 N–H and O–H groups in total. The number of nitrogens with one attached hydrogen (secondary N) is 2. The average molecular weight is 301 g/mol. The Morgan fingerprint density at radius 1 is 1.24 bits per heavy atom. The number of hydrogen-bond donors (Lipinski definition) is 2. The van der Waals surface area contributed by atoms with Crippen LogP contribution in [0.25, 0.3) is 0 Å². The third-order valence-electron chi connectivity index (χ3n) is 2.90. The summed E-state index contributed by atoms with van der Waals surface area (Å²) in [4.78, 5) is 3.96. The van der Waals surface area contributed by atoms with E-state index < -0.39 is 0 Å². The largest absolute Gasteiger partial charge is 0.491 e. The molecule has 1 atom stereocenters. The fourth-order valence-corrected chi connectivity index (χ4v) is 2.12. The Bertz CT molecular complexity index is 589. The first-order valence-corrected chi connectivity index (χ1v) is 7.22. The van der Waals surface area contributed by atoms with Crippen LogP contribution in [0, 0.1) is 6.92 Å². The zero-order valence-corrected chi connectivity index (χ0v) is 13.0. The topological polar surface area (TPSA) is 46.2 Å². The van der Waals surface area contributed by atoms with Gasteiger partial charge in [-0.25, -0.2) is 0 Å². The average Bonchev–Trinajstić information content (AvgIpc) is 2.47. The van der Waals surface area contributed by atoms with Crippen molar-refractivity contribution in [3.63, 3.8) is 0 Å². The summed E-state index contributed by atoms with van der Waals surface area (Å²) in [6.07, 6.45) is 3.44. The van der Waals surface area contributed by atoms with Crippen LogP contribution in [0.4, 0.5) is 5.69 Å². The smallest absolute Gasteiger partial charge is 0.171 e. The third-order valence-corrected chi connectivity index (χ3v) is 3.12. The molecule has 21 heavy (non-hydrogen) atoms. The van der Waals surface area contributed by atoms with Crippen LogP contribution in [0.1, 0.15) is 12.5 Å². The first-order chi connectivity index (χ1) is 10.1. The molecule has 4 nitrogen and oxygen atoms in total. The van der Waals surface area contributed by atoms with Crippen molar-refractivity contribution in [2.75, 3.05) is 11.9 Å². The van der Waals surface area contributed by atoms with Gasteiger partial charge in [0.2, 0.25) is 0 Å². The Kier molecular flexibility index (Phi) is 5.51. The molecule has 0 aliphatic rings. The number of anilines is 1. The highest BCUT2D eigenvalue weighted by molar-refractivity contribution is 7.80. The van der Waals surface area contributed by atoms with E-state index in [4.69, 9.17) is 17.0 Å². The maximum Gasteiger partial charge on any atom is 0.171 e. The number of aromatic nitrogens is 1. The van der Waals surface area contributed by atoms with E-state index in [1.54, 1.807) is 12.4 Å². The summed E-state index contributed by atoms with van der Waals surface area (Å²) < 4.78 is 5.79. The molecule has 0 aliphatic heterocycles. The molecule has 1 aromatic carbocycles. The minimum absolute atomic E-state index is 0.103. The van der Waals surface area contributed by atoms with Gasteiger partial charge in [-0.15, -0.1) is 0 Å². The Morgan fingerprint density at radius 3 is 2.67 bits per heavy atom. The van der Waals surface area contributed by atoms with E-state index in [1.807, 2.05) is 50.2 Å². The SMILES string of the molecule is Cc1ccccc1OC[C@H](C)NC(=S)Nc1ccncc1. The zero-order valence-electron chi connectivity index (χ0n) is 12.2. The predicted octanol–water partition coefficient (Wildman–Crippen LogP) is 3.14. The van der Waals surface area contributed by atoms with Gasteiger partial charge < -0.3 is 15.4 Å². The fraction of sp³-hybridized carbons (Fsp3) is 0.250. The van der Waals surface area contributed by atoms with Gasteiger partial charge in [-0.3, -0.25) is 4.98 Å². The third kappa shape index (κ3) is 5.04. The lowest BCUT2D eigenvalue weighted by Crippen LogP contribution is -2.39. The van der Waals surface area contributed by atoms with Gasteiger partial charge in [-0.2, -0.15) is 0 Å². The van der Waals surface area contributed by atoms with Crippen molar-refractivity contribution in [1.29, 1.82) is 0 Å². The molecular formula is C16H19N3OS. The second-order valence-corrected chi connectivity index (χ2v) is 5.22. The molecule has 0 spiro atoms. The van der Waals surface area contributed by atoms with Crippen LogP contribution in [0.15, 0.2) is 48.8 Å². The Hall–Kier alpha value is -2.14. The number of para-hydroxylation sites is 1. The van der Waals surface area contributed by atoms with Crippen molar-refractivity contribution in [2.24, 2.45) is 0 Å². The number of aryl methyl sites for hydroxylation is 1. The molecule has 1 heterocycles. The highest BCUT2D eigenvalue weighted by atomic mass is 32.1. The van der Waals surface area contributed by atoms with Crippen molar-refractivity contribution in [3.8, 4) is 5.75 Å². The number of thiocarbonyl (C=S) groups is 1. The summed E-state index contributed by atoms with van der Waals surface area (Å²) in [6, 6.07) is 11.8. The minimum Gasteiger partial charge on any atom is -0.491 e. The molecule has 110 valence electrons. The van der Waals surface area contributed by atoms with E-state index in [2.05, 4.69) is 15.6 Å². The van der Waals surface area contributed by atoms with Crippen molar-refractivity contribution in [3.05, 3.63) is 54.4 Å². The molecule has 0 radical (unpaired) electrons. The standard InChI is InChI=1S/C16H19N3OS/c1-12-5-3-4-6-15(12)20-11-13(2)18-16(21)19-14-7-9-17-10-8-14/h3-10,13H,11H2,1-2H3,(H2,17,18,19,21)/t13-/m0/s1. The van der Waals surface area contributed by atoms with Crippen molar-refractivity contribution in [2.45, 2.75) is 19.9 Å². The molecule has 0 saturated heterocycles. The number of pyridine rings is 1. The monoisotopic (exact) mass is 301 g/mol. The van der Waals surface area contributed by atoms with Crippen LogP contribution >= 0.6 is 12.2 Å². The lowest BCUT2D eigenvalue weighted by molar-refractivity contribution is 0.285. The fourth-order valence-electron chi connectivity index (χ4n) is 1.80. The lowest BCUT2D eigenvalue weighted by atomic mass is 10.2. The van der Waals surface area contributed by atoms with Gasteiger partial charge in [0, 0.05) is 18.1 Å². The van der Waals surface area contributed by atoms with E-state index in [9.17, 15) is 0 Å². The summed E-state index contributed by atoms with van der Waals surface area (Å²) in [5.41, 5.74) is 2.04. The summed E-state index contributed by atoms with van der Waals surface area (Å²) in [5.74, 6) is 0.902. The molecule has 2 rings (SSSR count). The van der Waals surface area contributed by atoms with Crippen molar-refractivity contribution in [1.82, 2.24) is 10.3 Å². The summed E-state index contributed by atoms with van der Waals surface area (Å²) in [6.45, 7) is 4.60. The minimum atomic E-state index is 0.103. The van der Waals surface area contributed by atoms with Crippen LogP contribution in [0.2, 0.25) is 0 Å². The molecule has 0 aliphatic carbocycles. The highest BCUT2D eigenvalue weighted by Crippen LogP contribution is 2.16. The van der Waals surface area contributed by atoms with E-state index in [-0.39, 0.29) is 6.04 Å². The van der Waals surface area contributed by atoms with Crippen LogP contribution in [0.3, 0.4) is 0 Å². The van der Waals surface area contributed by atoms with Gasteiger partial charge in [0.15, 0.2) is 5.11 Å². The van der Waals surface area contributed by atoms with Gasteiger partial charge >= 0.3 is 0 Å². The second-order valence-electron chi connectivity index (χ2n) is 4.81. The first-order valence-electron chi connectivity index (χ1n) is 6.81. The second kappa shape index (κ2) is 7.59. The number of ether oxygens (including phenoxy) is 1. The summed E-state index contributed by atoms with van der Waals surface area (Å²) in [7, 11) is 0. The number of benzene rings is 1. The van der Waals surface area contributed by atoms with E-state index >= 15 is 0 Å². The Labute approximate surface area is 130 Å². The van der Waals surface area contributed by atoms with Gasteiger partial charge in [0.05, 0.1) is 6.04 Å². The normalized spacial score (nSPS) is 11.5. The molecule has 1 aromatic heterocycles. The van der Waals surface area contributed by atoms with Gasteiger partial charge in [0.1, 0.15) is 12.4 Å². The van der Waals surface area contributed by atoms with E-state index in [0.717, 1.165) is 17.0 Å². The van der Waals surface area contributed by atoms with Crippen LogP contribution in [-0.4, -0.2) is 22.7 Å². The van der Waals surface area contributed by atoms with Crippen LogP contribution in [-0.2, 0) is 0 Å². The summed E-state index contributed by atoms with van der Waals surface area (Å²) >= 11 is 5.27. The predicted molar refractivity (Wildman–Crippen MR) is 89.7 cm³/mol. The van der Waals surface area contributed by atoms with Crippen LogP contribution < -0.4 is 15.4 Å². The Morgan fingerprint density at radius 2 is 1.95 bits per heavy atom. The molecule has 0 bridgehead atoms. The maximum atomic E-state index is 5.79. The number of hydrogen-bond acceptors (Lipinski definition) is 3. The van der Waals surface area contributed by atoms with Crippen LogP contribution in [0.5, 0.6) is 5.75 Å². The van der Waals surface area contributed by atoms with Crippen molar-refractivity contribution >= 4 is 23.0 Å². The van der Waals surface area contributed by atoms with Gasteiger partial charge in [-0.1, -0.05) is 18.2 Å². The maximum absolute atomic E-state index is 5.79. The number of rotatable bonds is 5. The summed E-state index contributed by atoms with van der Waals surface area (Å²) in [5, 5.41) is 6.87. The quantitative estimate of drug-likeness (QED) is 0.831. The molecule has 0 unspecified atom stereocenters. The number of nitrogens with zero attached hydrogens (tertiary/aromatic N) is 1. The van der Waals surface area contributed by atoms with E-state index in [0.29, 0.717) is 11.7 Å². The zero-order chi connectivity index (χ0) is 15.1. The molecule has 2 aromatic rings. The van der Waals surface area contributed by atoms with Gasteiger partial charge in [-0.05, 0) is 49.8 Å². The molecule has 0 saturated carbocycles. The van der Waals surface area contributed by atoms with Crippen molar-refractivity contribution < 1.29 is 4.74 Å². The molecule has 0 amide bonds. The van der Waals surface area contributed by atoms with E-state index in [1.165, 1.54) is 0 Å². The molecule has 0 fully saturated rings. The first kappa shape index (κ1) is 15.3.